The molecule has 1 saturated heterocycles. The Balaban J connectivity index is 1.47. The average molecular weight is 499 g/mol. The monoisotopic (exact) mass is 498 g/mol. The zero-order valence-corrected chi connectivity index (χ0v) is 21.6. The van der Waals surface area contributed by atoms with Gasteiger partial charge in [0, 0.05) is 38.5 Å². The third kappa shape index (κ3) is 9.94. The van der Waals surface area contributed by atoms with E-state index in [0.29, 0.717) is 44.0 Å². The highest BCUT2D eigenvalue weighted by Gasteiger charge is 2.17. The van der Waals surface area contributed by atoms with Gasteiger partial charge in [-0.05, 0) is 62.8 Å². The average Bonchev–Trinajstić information content (AvgIpc) is 3.42. The SMILES string of the molecule is CCCCNc1nc(Nc2ccc(CC(=O)NCCOCCCCCN)cc2)nc(N2CCCC2)n1. The number of unbranched alkanes of at least 4 members (excludes halogenated alkanes) is 3. The Labute approximate surface area is 214 Å². The summed E-state index contributed by atoms with van der Waals surface area (Å²) in [5.74, 6) is 1.80. The summed E-state index contributed by atoms with van der Waals surface area (Å²) in [4.78, 5) is 28.3. The number of nitrogens with one attached hydrogen (secondary N) is 3. The van der Waals surface area contributed by atoms with Gasteiger partial charge in [0.1, 0.15) is 0 Å². The number of carbonyl (C=O) groups is 1. The molecule has 2 aromatic rings. The van der Waals surface area contributed by atoms with Crippen molar-refractivity contribution in [1.82, 2.24) is 20.3 Å². The first-order chi connectivity index (χ1) is 17.7. The van der Waals surface area contributed by atoms with Gasteiger partial charge in [-0.1, -0.05) is 25.5 Å². The van der Waals surface area contributed by atoms with E-state index in [2.05, 4.69) is 42.7 Å². The smallest absolute Gasteiger partial charge is 0.233 e. The van der Waals surface area contributed by atoms with Crippen molar-refractivity contribution in [2.45, 2.75) is 58.3 Å². The van der Waals surface area contributed by atoms with E-state index in [1.807, 2.05) is 24.3 Å². The van der Waals surface area contributed by atoms with Crippen LogP contribution in [0.5, 0.6) is 0 Å². The summed E-state index contributed by atoms with van der Waals surface area (Å²) in [6.45, 7) is 7.40. The summed E-state index contributed by atoms with van der Waals surface area (Å²) in [6.07, 6.45) is 7.92. The van der Waals surface area contributed by atoms with Crippen LogP contribution in [0.4, 0.5) is 23.5 Å². The van der Waals surface area contributed by atoms with Crippen molar-refractivity contribution in [3.05, 3.63) is 29.8 Å². The predicted molar refractivity (Wildman–Crippen MR) is 145 cm³/mol. The lowest BCUT2D eigenvalue weighted by atomic mass is 10.1. The van der Waals surface area contributed by atoms with Gasteiger partial charge in [0.2, 0.25) is 23.8 Å². The van der Waals surface area contributed by atoms with Gasteiger partial charge in [0.25, 0.3) is 0 Å². The van der Waals surface area contributed by atoms with Crippen LogP contribution in [0.1, 0.15) is 57.4 Å². The fraction of sp³-hybridized carbons (Fsp3) is 0.615. The van der Waals surface area contributed by atoms with Crippen molar-refractivity contribution >= 4 is 29.4 Å². The number of aromatic nitrogens is 3. The Bertz CT molecular complexity index is 903. The zero-order valence-electron chi connectivity index (χ0n) is 21.6. The summed E-state index contributed by atoms with van der Waals surface area (Å²) in [5, 5.41) is 9.52. The molecule has 1 amide bonds. The fourth-order valence-electron chi connectivity index (χ4n) is 3.91. The molecule has 0 bridgehead atoms. The van der Waals surface area contributed by atoms with Crippen LogP contribution in [0.25, 0.3) is 0 Å². The lowest BCUT2D eigenvalue weighted by Gasteiger charge is -2.17. The first kappa shape index (κ1) is 27.6. The van der Waals surface area contributed by atoms with E-state index in [9.17, 15) is 4.79 Å². The molecule has 1 aliphatic heterocycles. The normalized spacial score (nSPS) is 13.1. The topological polar surface area (TPSA) is 130 Å². The molecule has 1 aromatic heterocycles. The number of hydrogen-bond donors (Lipinski definition) is 4. The number of ether oxygens (including phenoxy) is 1. The molecular weight excluding hydrogens is 456 g/mol. The molecule has 1 aliphatic rings. The molecule has 0 aliphatic carbocycles. The molecule has 0 radical (unpaired) electrons. The molecule has 0 saturated carbocycles. The quantitative estimate of drug-likeness (QED) is 0.243. The Morgan fingerprint density at radius 3 is 2.50 bits per heavy atom. The van der Waals surface area contributed by atoms with Crippen molar-refractivity contribution in [3.8, 4) is 0 Å². The van der Waals surface area contributed by atoms with Crippen molar-refractivity contribution in [1.29, 1.82) is 0 Å². The van der Waals surface area contributed by atoms with E-state index in [1.165, 1.54) is 0 Å². The molecule has 0 atom stereocenters. The van der Waals surface area contributed by atoms with Gasteiger partial charge in [-0.3, -0.25) is 4.79 Å². The number of hydrogen-bond acceptors (Lipinski definition) is 9. The van der Waals surface area contributed by atoms with Gasteiger partial charge >= 0.3 is 0 Å². The molecule has 0 unspecified atom stereocenters. The first-order valence-corrected chi connectivity index (χ1v) is 13.3. The highest BCUT2D eigenvalue weighted by molar-refractivity contribution is 5.78. The standard InChI is InChI=1S/C26H42N8O2/c1-2-3-14-29-24-31-25(33-26(32-24)34-16-6-7-17-34)30-22-11-9-21(10-12-22)20-23(35)28-15-19-36-18-8-4-5-13-27/h9-12H,2-8,13-20,27H2,1H3,(H,28,35)(H2,29,30,31,32,33). The Morgan fingerprint density at radius 1 is 0.972 bits per heavy atom. The number of anilines is 4. The second-order valence-electron chi connectivity index (χ2n) is 9.07. The van der Waals surface area contributed by atoms with Crippen LogP contribution in [0.15, 0.2) is 24.3 Å². The highest BCUT2D eigenvalue weighted by Crippen LogP contribution is 2.21. The number of rotatable bonds is 17. The van der Waals surface area contributed by atoms with Crippen molar-refractivity contribution in [2.75, 3.05) is 61.5 Å². The minimum absolute atomic E-state index is 0.0158. The van der Waals surface area contributed by atoms with Crippen LogP contribution >= 0.6 is 0 Å². The molecular formula is C26H42N8O2. The molecule has 36 heavy (non-hydrogen) atoms. The summed E-state index contributed by atoms with van der Waals surface area (Å²) in [7, 11) is 0. The van der Waals surface area contributed by atoms with E-state index < -0.39 is 0 Å². The van der Waals surface area contributed by atoms with Crippen LogP contribution in [0.3, 0.4) is 0 Å². The van der Waals surface area contributed by atoms with Crippen molar-refractivity contribution in [3.63, 3.8) is 0 Å². The van der Waals surface area contributed by atoms with Crippen molar-refractivity contribution < 1.29 is 9.53 Å². The Morgan fingerprint density at radius 2 is 1.75 bits per heavy atom. The predicted octanol–water partition coefficient (Wildman–Crippen LogP) is 3.23. The van der Waals surface area contributed by atoms with E-state index in [-0.39, 0.29) is 5.91 Å². The number of nitrogens with two attached hydrogens (primary N) is 1. The number of benzene rings is 1. The molecule has 3 rings (SSSR count). The van der Waals surface area contributed by atoms with E-state index in [1.54, 1.807) is 0 Å². The maximum Gasteiger partial charge on any atom is 0.233 e. The first-order valence-electron chi connectivity index (χ1n) is 13.3. The van der Waals surface area contributed by atoms with Crippen LogP contribution in [-0.4, -0.2) is 66.8 Å². The van der Waals surface area contributed by atoms with Gasteiger partial charge in [0.05, 0.1) is 13.0 Å². The van der Waals surface area contributed by atoms with Crippen LogP contribution in [0, 0.1) is 0 Å². The largest absolute Gasteiger partial charge is 0.380 e. The molecule has 5 N–H and O–H groups in total. The highest BCUT2D eigenvalue weighted by atomic mass is 16.5. The summed E-state index contributed by atoms with van der Waals surface area (Å²) in [5.41, 5.74) is 7.28. The van der Waals surface area contributed by atoms with Crippen LogP contribution < -0.4 is 26.6 Å². The van der Waals surface area contributed by atoms with E-state index in [0.717, 1.165) is 82.4 Å². The molecule has 1 fully saturated rings. The van der Waals surface area contributed by atoms with Crippen LogP contribution in [0.2, 0.25) is 0 Å². The Hall–Kier alpha value is -2.98. The van der Waals surface area contributed by atoms with E-state index in [4.69, 9.17) is 10.5 Å². The molecule has 0 spiro atoms. The maximum absolute atomic E-state index is 12.2. The minimum Gasteiger partial charge on any atom is -0.380 e. The van der Waals surface area contributed by atoms with Gasteiger partial charge < -0.3 is 31.3 Å². The molecule has 10 heteroatoms. The second kappa shape index (κ2) is 15.9. The summed E-state index contributed by atoms with van der Waals surface area (Å²) >= 11 is 0. The van der Waals surface area contributed by atoms with Crippen LogP contribution in [-0.2, 0) is 16.0 Å². The zero-order chi connectivity index (χ0) is 25.4. The van der Waals surface area contributed by atoms with Crippen molar-refractivity contribution in [2.24, 2.45) is 5.73 Å². The third-order valence-corrected chi connectivity index (χ3v) is 5.96. The molecule has 10 nitrogen and oxygen atoms in total. The minimum atomic E-state index is -0.0158. The third-order valence-electron chi connectivity index (χ3n) is 5.96. The lowest BCUT2D eigenvalue weighted by molar-refractivity contribution is -0.120. The molecule has 198 valence electrons. The summed E-state index contributed by atoms with van der Waals surface area (Å²) in [6, 6.07) is 7.77. The molecule has 1 aromatic carbocycles. The van der Waals surface area contributed by atoms with Gasteiger partial charge in [-0.2, -0.15) is 15.0 Å². The summed E-state index contributed by atoms with van der Waals surface area (Å²) < 4.78 is 5.54. The van der Waals surface area contributed by atoms with Gasteiger partial charge in [-0.15, -0.1) is 0 Å². The maximum atomic E-state index is 12.2. The van der Waals surface area contributed by atoms with Gasteiger partial charge in [0.15, 0.2) is 0 Å². The van der Waals surface area contributed by atoms with Gasteiger partial charge in [-0.25, -0.2) is 0 Å². The number of amides is 1. The fourth-order valence-corrected chi connectivity index (χ4v) is 3.91. The lowest BCUT2D eigenvalue weighted by Crippen LogP contribution is -2.28. The number of carbonyl (C=O) groups excluding carboxylic acids is 1. The van der Waals surface area contributed by atoms with E-state index >= 15 is 0 Å². The number of nitrogens with zero attached hydrogens (tertiary/aromatic N) is 4. The molecule has 2 heterocycles. The second-order valence-corrected chi connectivity index (χ2v) is 9.07. The Kier molecular flexibility index (Phi) is 12.2.